The van der Waals surface area contributed by atoms with E-state index in [1.807, 2.05) is 11.5 Å². The van der Waals surface area contributed by atoms with Crippen LogP contribution >= 0.6 is 11.8 Å². The Bertz CT molecular complexity index is 1020. The number of carbonyl (C=O) groups is 1. The molecule has 12 heteroatoms. The van der Waals surface area contributed by atoms with E-state index in [2.05, 4.69) is 20.4 Å². The first kappa shape index (κ1) is 23.5. The van der Waals surface area contributed by atoms with Gasteiger partial charge < -0.3 is 19.7 Å². The van der Waals surface area contributed by atoms with Crippen molar-refractivity contribution in [3.8, 4) is 0 Å². The SMILES string of the molecule is Cc1ccc([N+](=O)[O-])c(NC(=O)CSc2nnc(N3CCOCC3)n2CC2CCCO2)c1C. The number of aromatic nitrogens is 3. The highest BCUT2D eigenvalue weighted by atomic mass is 32.2. The lowest BCUT2D eigenvalue weighted by atomic mass is 10.1. The first-order chi connectivity index (χ1) is 15.9. The van der Waals surface area contributed by atoms with Crippen LogP contribution in [0.1, 0.15) is 24.0 Å². The Morgan fingerprint density at radius 1 is 1.27 bits per heavy atom. The molecule has 2 aliphatic heterocycles. The van der Waals surface area contributed by atoms with Crippen molar-refractivity contribution in [3.63, 3.8) is 0 Å². The Balaban J connectivity index is 1.49. The average molecular weight is 477 g/mol. The summed E-state index contributed by atoms with van der Waals surface area (Å²) in [4.78, 5) is 25.8. The normalized spacial score (nSPS) is 18.5. The molecule has 178 valence electrons. The summed E-state index contributed by atoms with van der Waals surface area (Å²) in [5.41, 5.74) is 1.67. The molecule has 0 saturated carbocycles. The molecule has 0 aliphatic carbocycles. The van der Waals surface area contributed by atoms with Gasteiger partial charge in [0.1, 0.15) is 5.69 Å². The fraction of sp³-hybridized carbons (Fsp3) is 0.571. The fourth-order valence-corrected chi connectivity index (χ4v) is 4.70. The summed E-state index contributed by atoms with van der Waals surface area (Å²) in [5, 5.41) is 23.5. The molecule has 1 amide bonds. The summed E-state index contributed by atoms with van der Waals surface area (Å²) in [6.07, 6.45) is 2.09. The molecule has 2 aromatic rings. The summed E-state index contributed by atoms with van der Waals surface area (Å²) in [6.45, 7) is 7.70. The van der Waals surface area contributed by atoms with Crippen molar-refractivity contribution >= 4 is 35.0 Å². The molecular weight excluding hydrogens is 448 g/mol. The molecule has 0 radical (unpaired) electrons. The van der Waals surface area contributed by atoms with Gasteiger partial charge in [-0.25, -0.2) is 0 Å². The Morgan fingerprint density at radius 3 is 2.76 bits per heavy atom. The van der Waals surface area contributed by atoms with E-state index in [9.17, 15) is 14.9 Å². The largest absolute Gasteiger partial charge is 0.378 e. The zero-order valence-corrected chi connectivity index (χ0v) is 19.6. The van der Waals surface area contributed by atoms with Crippen molar-refractivity contribution in [2.24, 2.45) is 0 Å². The van der Waals surface area contributed by atoms with Gasteiger partial charge in [0.05, 0.1) is 36.5 Å². The molecule has 0 bridgehead atoms. The lowest BCUT2D eigenvalue weighted by Gasteiger charge is -2.28. The molecule has 2 fully saturated rings. The standard InChI is InChI=1S/C21H28N6O5S/c1-14-5-6-17(27(29)30)19(15(14)2)22-18(28)13-33-21-24-23-20(25-7-10-31-11-8-25)26(21)12-16-4-3-9-32-16/h5-6,16H,3-4,7-13H2,1-2H3,(H,22,28). The number of morpholine rings is 1. The lowest BCUT2D eigenvalue weighted by molar-refractivity contribution is -0.384. The molecule has 2 saturated heterocycles. The zero-order valence-electron chi connectivity index (χ0n) is 18.8. The van der Waals surface area contributed by atoms with E-state index in [0.717, 1.165) is 44.0 Å². The Labute approximate surface area is 196 Å². The highest BCUT2D eigenvalue weighted by Crippen LogP contribution is 2.31. The van der Waals surface area contributed by atoms with Gasteiger partial charge in [0.2, 0.25) is 11.9 Å². The predicted octanol–water partition coefficient (Wildman–Crippen LogP) is 2.55. The topological polar surface area (TPSA) is 125 Å². The van der Waals surface area contributed by atoms with E-state index >= 15 is 0 Å². The van der Waals surface area contributed by atoms with Crippen LogP contribution in [-0.2, 0) is 20.8 Å². The number of ether oxygens (including phenoxy) is 2. The highest BCUT2D eigenvalue weighted by Gasteiger charge is 2.26. The van der Waals surface area contributed by atoms with Gasteiger partial charge in [0.25, 0.3) is 5.69 Å². The number of anilines is 2. The van der Waals surface area contributed by atoms with Crippen LogP contribution in [0, 0.1) is 24.0 Å². The number of hydrogen-bond acceptors (Lipinski definition) is 9. The van der Waals surface area contributed by atoms with E-state index in [0.29, 0.717) is 30.5 Å². The van der Waals surface area contributed by atoms with Crippen LogP contribution < -0.4 is 10.2 Å². The third-order valence-electron chi connectivity index (χ3n) is 5.91. The number of nitrogens with one attached hydrogen (secondary N) is 1. The van der Waals surface area contributed by atoms with Crippen LogP contribution in [0.15, 0.2) is 17.3 Å². The molecule has 3 heterocycles. The lowest BCUT2D eigenvalue weighted by Crippen LogP contribution is -2.38. The molecule has 1 aromatic heterocycles. The van der Waals surface area contributed by atoms with Gasteiger partial charge in [-0.05, 0) is 37.8 Å². The monoisotopic (exact) mass is 476 g/mol. The first-order valence-electron chi connectivity index (χ1n) is 11.0. The molecule has 2 aliphatic rings. The maximum absolute atomic E-state index is 12.7. The van der Waals surface area contributed by atoms with E-state index in [4.69, 9.17) is 9.47 Å². The minimum absolute atomic E-state index is 0.0529. The molecule has 11 nitrogen and oxygen atoms in total. The van der Waals surface area contributed by atoms with Crippen molar-refractivity contribution in [2.45, 2.75) is 44.5 Å². The number of aryl methyl sites for hydroxylation is 1. The second-order valence-corrected chi connectivity index (χ2v) is 9.07. The summed E-state index contributed by atoms with van der Waals surface area (Å²) in [5.74, 6) is 0.468. The molecular formula is C21H28N6O5S. The van der Waals surface area contributed by atoms with Gasteiger partial charge in [-0.2, -0.15) is 0 Å². The highest BCUT2D eigenvalue weighted by molar-refractivity contribution is 7.99. The van der Waals surface area contributed by atoms with Crippen LogP contribution in [0.3, 0.4) is 0 Å². The van der Waals surface area contributed by atoms with Crippen molar-refractivity contribution in [1.82, 2.24) is 14.8 Å². The number of nitrogens with zero attached hydrogens (tertiary/aromatic N) is 5. The van der Waals surface area contributed by atoms with Gasteiger partial charge >= 0.3 is 0 Å². The fourth-order valence-electron chi connectivity index (χ4n) is 3.95. The van der Waals surface area contributed by atoms with E-state index in [-0.39, 0.29) is 29.1 Å². The smallest absolute Gasteiger partial charge is 0.293 e. The van der Waals surface area contributed by atoms with Crippen molar-refractivity contribution in [3.05, 3.63) is 33.4 Å². The number of hydrogen-bond donors (Lipinski definition) is 1. The number of thioether (sulfide) groups is 1. The van der Waals surface area contributed by atoms with Gasteiger partial charge in [0, 0.05) is 25.8 Å². The maximum Gasteiger partial charge on any atom is 0.293 e. The van der Waals surface area contributed by atoms with Gasteiger partial charge in [-0.1, -0.05) is 17.8 Å². The number of nitro benzene ring substituents is 1. The number of carbonyl (C=O) groups excluding carboxylic acids is 1. The van der Waals surface area contributed by atoms with Crippen LogP contribution in [-0.4, -0.2) is 70.4 Å². The molecule has 1 aromatic carbocycles. The van der Waals surface area contributed by atoms with Crippen LogP contribution in [0.2, 0.25) is 0 Å². The molecule has 1 atom stereocenters. The summed E-state index contributed by atoms with van der Waals surface area (Å²) in [6, 6.07) is 3.09. The molecule has 1 unspecified atom stereocenters. The third kappa shape index (κ3) is 5.45. The molecule has 4 rings (SSSR count). The number of nitro groups is 1. The minimum atomic E-state index is -0.484. The van der Waals surface area contributed by atoms with Crippen molar-refractivity contribution in [2.75, 3.05) is 48.9 Å². The number of benzene rings is 1. The second-order valence-electron chi connectivity index (χ2n) is 8.12. The zero-order chi connectivity index (χ0) is 23.4. The van der Waals surface area contributed by atoms with Crippen LogP contribution in [0.25, 0.3) is 0 Å². The summed E-state index contributed by atoms with van der Waals surface area (Å²) < 4.78 is 13.3. The number of rotatable bonds is 8. The van der Waals surface area contributed by atoms with E-state index in [1.165, 1.54) is 17.8 Å². The molecule has 1 N–H and O–H groups in total. The molecule has 33 heavy (non-hydrogen) atoms. The van der Waals surface area contributed by atoms with Crippen molar-refractivity contribution < 1.29 is 19.2 Å². The minimum Gasteiger partial charge on any atom is -0.378 e. The average Bonchev–Trinajstić information content (AvgIpc) is 3.46. The summed E-state index contributed by atoms with van der Waals surface area (Å²) >= 11 is 1.26. The van der Waals surface area contributed by atoms with E-state index in [1.54, 1.807) is 13.0 Å². The van der Waals surface area contributed by atoms with Gasteiger partial charge in [0.15, 0.2) is 5.16 Å². The Kier molecular flexibility index (Phi) is 7.46. The first-order valence-corrected chi connectivity index (χ1v) is 12.0. The maximum atomic E-state index is 12.7. The quantitative estimate of drug-likeness (QED) is 0.348. The Morgan fingerprint density at radius 2 is 2.06 bits per heavy atom. The summed E-state index contributed by atoms with van der Waals surface area (Å²) in [7, 11) is 0. The van der Waals surface area contributed by atoms with Crippen LogP contribution in [0.4, 0.5) is 17.3 Å². The predicted molar refractivity (Wildman–Crippen MR) is 124 cm³/mol. The molecule has 0 spiro atoms. The Hall–Kier alpha value is -2.70. The second kappa shape index (κ2) is 10.5. The van der Waals surface area contributed by atoms with Crippen LogP contribution in [0.5, 0.6) is 0 Å². The van der Waals surface area contributed by atoms with E-state index < -0.39 is 4.92 Å². The number of amides is 1. The van der Waals surface area contributed by atoms with Gasteiger partial charge in [-0.15, -0.1) is 10.2 Å². The third-order valence-corrected chi connectivity index (χ3v) is 6.88. The van der Waals surface area contributed by atoms with Gasteiger partial charge in [-0.3, -0.25) is 19.5 Å². The van der Waals surface area contributed by atoms with Crippen molar-refractivity contribution in [1.29, 1.82) is 0 Å².